The van der Waals surface area contributed by atoms with E-state index in [2.05, 4.69) is 31.5 Å². The van der Waals surface area contributed by atoms with Crippen LogP contribution >= 0.6 is 0 Å². The van der Waals surface area contributed by atoms with Crippen LogP contribution in [0.4, 0.5) is 4.39 Å². The van der Waals surface area contributed by atoms with Gasteiger partial charge in [-0.25, -0.2) is 9.37 Å². The largest absolute Gasteiger partial charge is 0.439 e. The molecule has 1 fully saturated rings. The Bertz CT molecular complexity index is 1020. The number of nitrogens with one attached hydrogen (secondary N) is 1. The standard InChI is InChI=1S/C22H25FN6O/c1-24-22(29-9-8-17(15-29)18-13-27-28(2)14-18)26-12-16-6-7-21(25-11-16)30-20-5-3-4-19(23)10-20/h3-7,10-11,13-14,17H,8-9,12,15H2,1-2H3,(H,24,26). The van der Waals surface area contributed by atoms with Gasteiger partial charge < -0.3 is 15.0 Å². The van der Waals surface area contributed by atoms with Crippen LogP contribution in [-0.4, -0.2) is 45.8 Å². The quantitative estimate of drug-likeness (QED) is 0.518. The zero-order chi connectivity index (χ0) is 20.9. The molecule has 30 heavy (non-hydrogen) atoms. The second-order valence-electron chi connectivity index (χ2n) is 7.34. The molecule has 0 bridgehead atoms. The molecule has 1 aromatic carbocycles. The van der Waals surface area contributed by atoms with E-state index in [1.165, 1.54) is 17.7 Å². The molecule has 1 N–H and O–H groups in total. The number of hydrogen-bond donors (Lipinski definition) is 1. The fourth-order valence-corrected chi connectivity index (χ4v) is 3.62. The predicted octanol–water partition coefficient (Wildman–Crippen LogP) is 3.31. The molecule has 0 spiro atoms. The molecule has 0 aliphatic carbocycles. The Kier molecular flexibility index (Phi) is 5.92. The molecule has 156 valence electrons. The van der Waals surface area contributed by atoms with E-state index in [4.69, 9.17) is 4.74 Å². The predicted molar refractivity (Wildman–Crippen MR) is 113 cm³/mol. The Morgan fingerprint density at radius 3 is 2.90 bits per heavy atom. The van der Waals surface area contributed by atoms with Gasteiger partial charge in [0.2, 0.25) is 5.88 Å². The van der Waals surface area contributed by atoms with Gasteiger partial charge in [-0.2, -0.15) is 5.10 Å². The molecule has 7 nitrogen and oxygen atoms in total. The van der Waals surface area contributed by atoms with Crippen LogP contribution in [0.3, 0.4) is 0 Å². The highest BCUT2D eigenvalue weighted by Crippen LogP contribution is 2.26. The first-order valence-electron chi connectivity index (χ1n) is 9.93. The van der Waals surface area contributed by atoms with Gasteiger partial charge in [0.15, 0.2) is 5.96 Å². The summed E-state index contributed by atoms with van der Waals surface area (Å²) in [4.78, 5) is 11.0. The van der Waals surface area contributed by atoms with Crippen LogP contribution in [0, 0.1) is 5.82 Å². The van der Waals surface area contributed by atoms with Gasteiger partial charge in [0.25, 0.3) is 0 Å². The molecule has 0 amide bonds. The van der Waals surface area contributed by atoms with E-state index in [1.807, 2.05) is 24.0 Å². The minimum Gasteiger partial charge on any atom is -0.439 e. The van der Waals surface area contributed by atoms with E-state index >= 15 is 0 Å². The Labute approximate surface area is 175 Å². The molecular formula is C22H25FN6O. The third-order valence-corrected chi connectivity index (χ3v) is 5.16. The van der Waals surface area contributed by atoms with Crippen LogP contribution in [0.1, 0.15) is 23.5 Å². The van der Waals surface area contributed by atoms with Crippen molar-refractivity contribution < 1.29 is 9.13 Å². The van der Waals surface area contributed by atoms with E-state index in [0.29, 0.717) is 24.1 Å². The number of aryl methyl sites for hydroxylation is 1. The number of likely N-dealkylation sites (tertiary alicyclic amines) is 1. The maximum Gasteiger partial charge on any atom is 0.219 e. The fraction of sp³-hybridized carbons (Fsp3) is 0.318. The smallest absolute Gasteiger partial charge is 0.219 e. The van der Waals surface area contributed by atoms with Gasteiger partial charge in [-0.15, -0.1) is 0 Å². The minimum atomic E-state index is -0.340. The Morgan fingerprint density at radius 1 is 1.30 bits per heavy atom. The molecule has 8 heteroatoms. The monoisotopic (exact) mass is 408 g/mol. The molecule has 1 unspecified atom stereocenters. The van der Waals surface area contributed by atoms with E-state index < -0.39 is 0 Å². The summed E-state index contributed by atoms with van der Waals surface area (Å²) in [5.41, 5.74) is 2.28. The lowest BCUT2D eigenvalue weighted by Crippen LogP contribution is -2.39. The summed E-state index contributed by atoms with van der Waals surface area (Å²) >= 11 is 0. The van der Waals surface area contributed by atoms with E-state index in [-0.39, 0.29) is 5.82 Å². The van der Waals surface area contributed by atoms with Crippen molar-refractivity contribution in [3.8, 4) is 11.6 Å². The Balaban J connectivity index is 1.31. The molecule has 0 saturated carbocycles. The second kappa shape index (κ2) is 8.94. The number of benzene rings is 1. The van der Waals surface area contributed by atoms with Gasteiger partial charge in [0.1, 0.15) is 11.6 Å². The van der Waals surface area contributed by atoms with Crippen LogP contribution in [-0.2, 0) is 13.6 Å². The van der Waals surface area contributed by atoms with Crippen molar-refractivity contribution in [1.29, 1.82) is 0 Å². The topological polar surface area (TPSA) is 67.6 Å². The summed E-state index contributed by atoms with van der Waals surface area (Å²) in [5, 5.41) is 7.69. The van der Waals surface area contributed by atoms with Gasteiger partial charge in [-0.05, 0) is 29.7 Å². The highest BCUT2D eigenvalue weighted by molar-refractivity contribution is 5.80. The Hall–Kier alpha value is -3.42. The van der Waals surface area contributed by atoms with Crippen molar-refractivity contribution in [2.75, 3.05) is 20.1 Å². The van der Waals surface area contributed by atoms with Gasteiger partial charge in [0.05, 0.1) is 6.20 Å². The lowest BCUT2D eigenvalue weighted by molar-refractivity contribution is 0.457. The molecular weight excluding hydrogens is 383 g/mol. The molecule has 1 atom stereocenters. The molecule has 3 heterocycles. The first-order chi connectivity index (χ1) is 14.6. The van der Waals surface area contributed by atoms with Crippen molar-refractivity contribution in [2.45, 2.75) is 18.9 Å². The number of ether oxygens (including phenoxy) is 1. The molecule has 0 radical (unpaired) electrons. The van der Waals surface area contributed by atoms with Crippen molar-refractivity contribution >= 4 is 5.96 Å². The zero-order valence-corrected chi connectivity index (χ0v) is 17.1. The fourth-order valence-electron chi connectivity index (χ4n) is 3.62. The first kappa shape index (κ1) is 19.9. The SMILES string of the molecule is CN=C(NCc1ccc(Oc2cccc(F)c2)nc1)N1CCC(c2cnn(C)c2)C1. The molecule has 1 aliphatic rings. The first-order valence-corrected chi connectivity index (χ1v) is 9.93. The van der Waals surface area contributed by atoms with Crippen LogP contribution < -0.4 is 10.1 Å². The summed E-state index contributed by atoms with van der Waals surface area (Å²) in [6, 6.07) is 9.71. The van der Waals surface area contributed by atoms with Gasteiger partial charge in [0, 0.05) is 64.2 Å². The number of rotatable bonds is 5. The molecule has 1 aliphatic heterocycles. The number of aromatic nitrogens is 3. The normalized spacial score (nSPS) is 16.7. The third-order valence-electron chi connectivity index (χ3n) is 5.16. The lowest BCUT2D eigenvalue weighted by atomic mass is 10.0. The van der Waals surface area contributed by atoms with Crippen molar-refractivity contribution in [1.82, 2.24) is 25.0 Å². The minimum absolute atomic E-state index is 0.340. The maximum absolute atomic E-state index is 13.3. The van der Waals surface area contributed by atoms with Gasteiger partial charge in [-0.3, -0.25) is 9.67 Å². The maximum atomic E-state index is 13.3. The van der Waals surface area contributed by atoms with Crippen LogP contribution in [0.2, 0.25) is 0 Å². The number of guanidine groups is 1. The van der Waals surface area contributed by atoms with E-state index in [1.54, 1.807) is 31.4 Å². The highest BCUT2D eigenvalue weighted by Gasteiger charge is 2.26. The van der Waals surface area contributed by atoms with Crippen LogP contribution in [0.25, 0.3) is 0 Å². The van der Waals surface area contributed by atoms with Crippen molar-refractivity contribution in [3.63, 3.8) is 0 Å². The van der Waals surface area contributed by atoms with Gasteiger partial charge >= 0.3 is 0 Å². The summed E-state index contributed by atoms with van der Waals surface area (Å²) in [6.07, 6.45) is 6.87. The zero-order valence-electron chi connectivity index (χ0n) is 17.1. The number of halogens is 1. The average Bonchev–Trinajstić information content (AvgIpc) is 3.39. The van der Waals surface area contributed by atoms with E-state index in [9.17, 15) is 4.39 Å². The summed E-state index contributed by atoms with van der Waals surface area (Å²) in [6.45, 7) is 2.48. The van der Waals surface area contributed by atoms with Crippen LogP contribution in [0.5, 0.6) is 11.6 Å². The molecule has 4 rings (SSSR count). The number of pyridine rings is 1. The van der Waals surface area contributed by atoms with E-state index in [0.717, 1.165) is 31.0 Å². The summed E-state index contributed by atoms with van der Waals surface area (Å²) < 4.78 is 20.7. The average molecular weight is 408 g/mol. The lowest BCUT2D eigenvalue weighted by Gasteiger charge is -2.21. The van der Waals surface area contributed by atoms with Crippen LogP contribution in [0.15, 0.2) is 60.0 Å². The molecule has 3 aromatic rings. The Morgan fingerprint density at radius 2 is 2.20 bits per heavy atom. The third kappa shape index (κ3) is 4.76. The summed E-state index contributed by atoms with van der Waals surface area (Å²) in [5.74, 6) is 1.85. The van der Waals surface area contributed by atoms with Gasteiger partial charge in [-0.1, -0.05) is 12.1 Å². The number of hydrogen-bond acceptors (Lipinski definition) is 4. The molecule has 1 saturated heterocycles. The highest BCUT2D eigenvalue weighted by atomic mass is 19.1. The number of aliphatic imine (C=N–C) groups is 1. The molecule has 2 aromatic heterocycles. The second-order valence-corrected chi connectivity index (χ2v) is 7.34. The van der Waals surface area contributed by atoms with Crippen molar-refractivity contribution in [3.05, 3.63) is 71.9 Å². The van der Waals surface area contributed by atoms with Crippen molar-refractivity contribution in [2.24, 2.45) is 12.0 Å². The number of nitrogens with zero attached hydrogens (tertiary/aromatic N) is 5. The summed E-state index contributed by atoms with van der Waals surface area (Å²) in [7, 11) is 3.74.